The monoisotopic (exact) mass is 303 g/mol. The lowest BCUT2D eigenvalue weighted by atomic mass is 10.0. The van der Waals surface area contributed by atoms with Gasteiger partial charge in [0.05, 0.1) is 0 Å². The van der Waals surface area contributed by atoms with Gasteiger partial charge in [-0.05, 0) is 18.8 Å². The van der Waals surface area contributed by atoms with Gasteiger partial charge in [-0.15, -0.1) is 0 Å². The van der Waals surface area contributed by atoms with E-state index in [2.05, 4.69) is 15.6 Å². The van der Waals surface area contributed by atoms with Crippen molar-refractivity contribution in [2.45, 2.75) is 31.1 Å². The van der Waals surface area contributed by atoms with E-state index >= 15 is 0 Å². The zero-order valence-electron chi connectivity index (χ0n) is 10.9. The van der Waals surface area contributed by atoms with Gasteiger partial charge in [0.25, 0.3) is 5.91 Å². The van der Waals surface area contributed by atoms with Gasteiger partial charge >= 0.3 is 6.18 Å². The summed E-state index contributed by atoms with van der Waals surface area (Å²) >= 11 is 0. The number of nitrogens with zero attached hydrogens (tertiary/aromatic N) is 1. The molecule has 2 bridgehead atoms. The van der Waals surface area contributed by atoms with Crippen molar-refractivity contribution < 1.29 is 22.4 Å². The summed E-state index contributed by atoms with van der Waals surface area (Å²) in [7, 11) is 0. The first-order valence-electron chi connectivity index (χ1n) is 6.61. The summed E-state index contributed by atoms with van der Waals surface area (Å²) in [5.74, 6) is -1.81. The van der Waals surface area contributed by atoms with Crippen LogP contribution in [0.5, 0.6) is 0 Å². The number of alkyl halides is 3. The summed E-state index contributed by atoms with van der Waals surface area (Å²) < 4.78 is 50.7. The van der Waals surface area contributed by atoms with E-state index in [1.54, 1.807) is 0 Å². The molecule has 3 rings (SSSR count). The molecule has 8 heteroatoms. The van der Waals surface area contributed by atoms with Crippen molar-refractivity contribution >= 4 is 5.91 Å². The van der Waals surface area contributed by atoms with Gasteiger partial charge in [-0.25, -0.2) is 4.39 Å². The molecular formula is C13H13F4N3O. The second kappa shape index (κ2) is 4.94. The molecule has 2 aliphatic rings. The average Bonchev–Trinajstić information content (AvgIpc) is 2.99. The lowest BCUT2D eigenvalue weighted by Crippen LogP contribution is -2.44. The number of amides is 1. The third kappa shape index (κ3) is 2.72. The summed E-state index contributed by atoms with van der Waals surface area (Å²) in [6, 6.07) is 0.873. The van der Waals surface area contributed by atoms with E-state index in [-0.39, 0.29) is 11.7 Å². The number of halogens is 4. The van der Waals surface area contributed by atoms with Crippen molar-refractivity contribution in [3.8, 4) is 0 Å². The maximum atomic E-state index is 13.4. The van der Waals surface area contributed by atoms with Crippen LogP contribution in [-0.4, -0.2) is 29.5 Å². The highest BCUT2D eigenvalue weighted by atomic mass is 19.4. The zero-order chi connectivity index (χ0) is 15.2. The Kier molecular flexibility index (Phi) is 3.35. The molecule has 3 atom stereocenters. The van der Waals surface area contributed by atoms with E-state index in [1.807, 2.05) is 0 Å². The van der Waals surface area contributed by atoms with Gasteiger partial charge in [0.1, 0.15) is 17.1 Å². The van der Waals surface area contributed by atoms with Crippen molar-refractivity contribution in [1.29, 1.82) is 0 Å². The molecule has 4 nitrogen and oxygen atoms in total. The minimum absolute atomic E-state index is 0.0316. The third-order valence-electron chi connectivity index (χ3n) is 4.07. The van der Waals surface area contributed by atoms with Crippen molar-refractivity contribution in [2.75, 3.05) is 6.54 Å². The van der Waals surface area contributed by atoms with Crippen molar-refractivity contribution in [1.82, 2.24) is 15.6 Å². The molecule has 1 amide bonds. The van der Waals surface area contributed by atoms with Crippen LogP contribution in [0.3, 0.4) is 0 Å². The highest BCUT2D eigenvalue weighted by Gasteiger charge is 2.40. The fraction of sp³-hybridized carbons (Fsp3) is 0.538. The number of carbonyl (C=O) groups is 1. The number of pyridine rings is 1. The molecule has 1 aliphatic carbocycles. The molecule has 3 unspecified atom stereocenters. The smallest absolute Gasteiger partial charge is 0.348 e. The molecule has 0 spiro atoms. The molecule has 1 saturated heterocycles. The van der Waals surface area contributed by atoms with Gasteiger partial charge in [0.15, 0.2) is 0 Å². The quantitative estimate of drug-likeness (QED) is 0.818. The summed E-state index contributed by atoms with van der Waals surface area (Å²) in [4.78, 5) is 15.4. The predicted octanol–water partition coefficient (Wildman–Crippen LogP) is 1.72. The number of hydrogen-bond donors (Lipinski definition) is 2. The van der Waals surface area contributed by atoms with E-state index in [4.69, 9.17) is 0 Å². The van der Waals surface area contributed by atoms with Gasteiger partial charge in [0, 0.05) is 30.9 Å². The normalized spacial score (nSPS) is 27.9. The fourth-order valence-electron chi connectivity index (χ4n) is 3.02. The summed E-state index contributed by atoms with van der Waals surface area (Å²) in [5, 5.41) is 6.00. The Morgan fingerprint density at radius 2 is 2.14 bits per heavy atom. The second-order valence-corrected chi connectivity index (χ2v) is 5.46. The van der Waals surface area contributed by atoms with Crippen LogP contribution in [0.15, 0.2) is 12.3 Å². The standard InChI is InChI=1S/C13H13F4N3O/c14-9-3-11(19-5-8(9)13(15,16)17)12(21)20-10-2-7-1-6(10)4-18-7/h3,5-7,10,18H,1-2,4H2,(H,20,21). The lowest BCUT2D eigenvalue weighted by molar-refractivity contribution is -0.140. The maximum absolute atomic E-state index is 13.4. The second-order valence-electron chi connectivity index (χ2n) is 5.46. The Labute approximate surface area is 117 Å². The Balaban J connectivity index is 1.72. The molecule has 21 heavy (non-hydrogen) atoms. The van der Waals surface area contributed by atoms with Crippen molar-refractivity contribution in [3.63, 3.8) is 0 Å². The first-order chi connectivity index (χ1) is 9.84. The molecule has 1 aromatic rings. The van der Waals surface area contributed by atoms with Crippen molar-refractivity contribution in [2.24, 2.45) is 5.92 Å². The van der Waals surface area contributed by atoms with E-state index < -0.39 is 23.5 Å². The number of hydrogen-bond acceptors (Lipinski definition) is 3. The number of aromatic nitrogens is 1. The minimum Gasteiger partial charge on any atom is -0.348 e. The van der Waals surface area contributed by atoms with E-state index in [0.717, 1.165) is 19.4 Å². The van der Waals surface area contributed by atoms with E-state index in [0.29, 0.717) is 24.2 Å². The molecule has 0 radical (unpaired) electrons. The van der Waals surface area contributed by atoms with Gasteiger partial charge in [-0.3, -0.25) is 9.78 Å². The number of piperidine rings is 1. The molecule has 1 aromatic heterocycles. The van der Waals surface area contributed by atoms with Crippen LogP contribution in [0.4, 0.5) is 17.6 Å². The largest absolute Gasteiger partial charge is 0.420 e. The van der Waals surface area contributed by atoms with Crippen LogP contribution < -0.4 is 10.6 Å². The van der Waals surface area contributed by atoms with Gasteiger partial charge in [-0.2, -0.15) is 13.2 Å². The van der Waals surface area contributed by atoms with Gasteiger partial charge < -0.3 is 10.6 Å². The van der Waals surface area contributed by atoms with Crippen LogP contribution >= 0.6 is 0 Å². The average molecular weight is 303 g/mol. The van der Waals surface area contributed by atoms with Crippen LogP contribution in [0.25, 0.3) is 0 Å². The number of fused-ring (bicyclic) bond motifs is 2. The maximum Gasteiger partial charge on any atom is 0.420 e. The molecule has 1 aliphatic heterocycles. The molecule has 114 valence electrons. The fourth-order valence-corrected chi connectivity index (χ4v) is 3.02. The molecule has 2 heterocycles. The third-order valence-corrected chi connectivity index (χ3v) is 4.07. The van der Waals surface area contributed by atoms with Crippen molar-refractivity contribution in [3.05, 3.63) is 29.3 Å². The topological polar surface area (TPSA) is 54.0 Å². The van der Waals surface area contributed by atoms with Crippen LogP contribution in [-0.2, 0) is 6.18 Å². The Hall–Kier alpha value is -1.70. The SMILES string of the molecule is O=C(NC1CC2CC1CN2)c1cc(F)c(C(F)(F)F)cn1. The summed E-state index contributed by atoms with van der Waals surface area (Å²) in [5.41, 5.74) is -1.81. The highest BCUT2D eigenvalue weighted by molar-refractivity contribution is 5.92. The van der Waals surface area contributed by atoms with Gasteiger partial charge in [0.2, 0.25) is 0 Å². The number of carbonyl (C=O) groups excluding carboxylic acids is 1. The molecule has 2 fully saturated rings. The van der Waals surface area contributed by atoms with Gasteiger partial charge in [-0.1, -0.05) is 0 Å². The lowest BCUT2D eigenvalue weighted by Gasteiger charge is -2.23. The molecule has 0 aromatic carbocycles. The first-order valence-corrected chi connectivity index (χ1v) is 6.61. The van der Waals surface area contributed by atoms with E-state index in [9.17, 15) is 22.4 Å². The Morgan fingerprint density at radius 1 is 1.38 bits per heavy atom. The highest BCUT2D eigenvalue weighted by Crippen LogP contribution is 2.32. The van der Waals surface area contributed by atoms with Crippen LogP contribution in [0, 0.1) is 11.7 Å². The molecule has 1 saturated carbocycles. The minimum atomic E-state index is -4.82. The Bertz CT molecular complexity index is 575. The van der Waals surface area contributed by atoms with Crippen LogP contribution in [0.2, 0.25) is 0 Å². The molecular weight excluding hydrogens is 290 g/mol. The van der Waals surface area contributed by atoms with E-state index in [1.165, 1.54) is 0 Å². The molecule has 2 N–H and O–H groups in total. The zero-order valence-corrected chi connectivity index (χ0v) is 10.9. The Morgan fingerprint density at radius 3 is 2.67 bits per heavy atom. The predicted molar refractivity (Wildman–Crippen MR) is 65.0 cm³/mol. The number of rotatable bonds is 2. The van der Waals surface area contributed by atoms with Crippen LogP contribution in [0.1, 0.15) is 28.9 Å². The first kappa shape index (κ1) is 14.2. The summed E-state index contributed by atoms with van der Waals surface area (Å²) in [6.07, 6.45) is -2.71. The number of nitrogens with one attached hydrogen (secondary N) is 2. The summed E-state index contributed by atoms with van der Waals surface area (Å²) in [6.45, 7) is 0.810.